The summed E-state index contributed by atoms with van der Waals surface area (Å²) in [5.74, 6) is -0.0796. The van der Waals surface area contributed by atoms with Crippen LogP contribution in [0.25, 0.3) is 0 Å². The van der Waals surface area contributed by atoms with Crippen molar-refractivity contribution in [2.45, 2.75) is 26.3 Å². The molecule has 0 saturated carbocycles. The van der Waals surface area contributed by atoms with Gasteiger partial charge in [-0.25, -0.2) is 4.98 Å². The third-order valence-corrected chi connectivity index (χ3v) is 2.37. The van der Waals surface area contributed by atoms with E-state index in [1.165, 1.54) is 0 Å². The molecule has 0 aliphatic carbocycles. The van der Waals surface area contributed by atoms with Crippen LogP contribution in [-0.2, 0) is 7.05 Å². The van der Waals surface area contributed by atoms with E-state index >= 15 is 0 Å². The summed E-state index contributed by atoms with van der Waals surface area (Å²) < 4.78 is 1.75. The summed E-state index contributed by atoms with van der Waals surface area (Å²) in [5.41, 5.74) is 0.453. The lowest BCUT2D eigenvalue weighted by molar-refractivity contribution is 0.0687. The van der Waals surface area contributed by atoms with Gasteiger partial charge in [0, 0.05) is 32.4 Å². The van der Waals surface area contributed by atoms with Crippen LogP contribution in [0, 0.1) is 0 Å². The van der Waals surface area contributed by atoms with Crippen LogP contribution in [0.2, 0.25) is 0 Å². The highest BCUT2D eigenvalue weighted by Gasteiger charge is 2.19. The third-order valence-electron chi connectivity index (χ3n) is 2.37. The van der Waals surface area contributed by atoms with E-state index in [2.05, 4.69) is 4.98 Å². The molecule has 0 saturated heterocycles. The zero-order valence-electron chi connectivity index (χ0n) is 10.1. The largest absolute Gasteiger partial charge is 0.396 e. The lowest BCUT2D eigenvalue weighted by Gasteiger charge is -2.25. The van der Waals surface area contributed by atoms with Crippen molar-refractivity contribution in [3.8, 4) is 0 Å². The second-order valence-electron chi connectivity index (χ2n) is 4.09. The third kappa shape index (κ3) is 3.06. The molecule has 5 heteroatoms. The normalized spacial score (nSPS) is 10.8. The van der Waals surface area contributed by atoms with Gasteiger partial charge in [0.05, 0.1) is 6.33 Å². The highest BCUT2D eigenvalue weighted by molar-refractivity contribution is 5.92. The number of imidazole rings is 1. The van der Waals surface area contributed by atoms with Gasteiger partial charge in [-0.1, -0.05) is 0 Å². The second-order valence-corrected chi connectivity index (χ2v) is 4.09. The number of aromatic nitrogens is 2. The zero-order chi connectivity index (χ0) is 12.1. The molecule has 0 spiro atoms. The number of amides is 1. The van der Waals surface area contributed by atoms with Gasteiger partial charge in [0.25, 0.3) is 5.91 Å². The molecule has 1 aromatic heterocycles. The first kappa shape index (κ1) is 12.7. The fourth-order valence-corrected chi connectivity index (χ4v) is 1.51. The minimum atomic E-state index is -0.0796. The first-order valence-electron chi connectivity index (χ1n) is 5.46. The molecule has 1 aromatic rings. The Hall–Kier alpha value is -1.36. The SMILES string of the molecule is CC(C)N(CCCO)C(=O)c1cn(C)cn1. The quantitative estimate of drug-likeness (QED) is 0.800. The van der Waals surface area contributed by atoms with Gasteiger partial charge in [0.2, 0.25) is 0 Å². The lowest BCUT2D eigenvalue weighted by atomic mass is 10.2. The molecule has 0 atom stereocenters. The van der Waals surface area contributed by atoms with Crippen LogP contribution in [0.15, 0.2) is 12.5 Å². The van der Waals surface area contributed by atoms with E-state index in [1.807, 2.05) is 20.9 Å². The molecule has 1 amide bonds. The summed E-state index contributed by atoms with van der Waals surface area (Å²) in [4.78, 5) is 17.8. The molecule has 0 aromatic carbocycles. The molecule has 0 bridgehead atoms. The first-order chi connectivity index (χ1) is 7.56. The summed E-state index contributed by atoms with van der Waals surface area (Å²) in [7, 11) is 1.83. The van der Waals surface area contributed by atoms with Gasteiger partial charge >= 0.3 is 0 Å². The van der Waals surface area contributed by atoms with Crippen molar-refractivity contribution in [2.24, 2.45) is 7.05 Å². The number of aliphatic hydroxyl groups is 1. The monoisotopic (exact) mass is 225 g/mol. The molecule has 1 N–H and O–H groups in total. The van der Waals surface area contributed by atoms with Crippen LogP contribution in [0.5, 0.6) is 0 Å². The van der Waals surface area contributed by atoms with Gasteiger partial charge in [0.15, 0.2) is 0 Å². The van der Waals surface area contributed by atoms with Crippen LogP contribution >= 0.6 is 0 Å². The van der Waals surface area contributed by atoms with E-state index in [4.69, 9.17) is 5.11 Å². The Morgan fingerprint density at radius 2 is 2.31 bits per heavy atom. The number of hydrogen-bond donors (Lipinski definition) is 1. The number of aryl methyl sites for hydroxylation is 1. The van der Waals surface area contributed by atoms with E-state index in [1.54, 1.807) is 22.0 Å². The minimum Gasteiger partial charge on any atom is -0.396 e. The summed E-state index contributed by atoms with van der Waals surface area (Å²) in [5, 5.41) is 8.80. The van der Waals surface area contributed by atoms with Crippen molar-refractivity contribution < 1.29 is 9.90 Å². The van der Waals surface area contributed by atoms with E-state index in [9.17, 15) is 4.79 Å². The molecule has 0 aliphatic heterocycles. The number of hydrogen-bond acceptors (Lipinski definition) is 3. The van der Waals surface area contributed by atoms with Crippen molar-refractivity contribution in [3.05, 3.63) is 18.2 Å². The maximum atomic E-state index is 12.1. The molecule has 1 rings (SSSR count). The smallest absolute Gasteiger partial charge is 0.274 e. The second kappa shape index (κ2) is 5.65. The Kier molecular flexibility index (Phi) is 4.49. The van der Waals surface area contributed by atoms with Gasteiger partial charge in [-0.05, 0) is 20.3 Å². The highest BCUT2D eigenvalue weighted by atomic mass is 16.3. The van der Waals surface area contributed by atoms with E-state index in [0.29, 0.717) is 18.7 Å². The summed E-state index contributed by atoms with van der Waals surface area (Å²) in [6.45, 7) is 4.57. The van der Waals surface area contributed by atoms with Crippen LogP contribution in [-0.4, -0.2) is 44.7 Å². The summed E-state index contributed by atoms with van der Waals surface area (Å²) in [6, 6.07) is 0.112. The fraction of sp³-hybridized carbons (Fsp3) is 0.636. The Bertz CT molecular complexity index is 347. The Balaban J connectivity index is 2.74. The summed E-state index contributed by atoms with van der Waals surface area (Å²) >= 11 is 0. The van der Waals surface area contributed by atoms with Crippen molar-refractivity contribution in [2.75, 3.05) is 13.2 Å². The number of aliphatic hydroxyl groups excluding tert-OH is 1. The maximum absolute atomic E-state index is 12.1. The number of carbonyl (C=O) groups excluding carboxylic acids is 1. The van der Waals surface area contributed by atoms with Crippen LogP contribution in [0.1, 0.15) is 30.8 Å². The highest BCUT2D eigenvalue weighted by Crippen LogP contribution is 2.07. The van der Waals surface area contributed by atoms with E-state index < -0.39 is 0 Å². The number of nitrogens with zero attached hydrogens (tertiary/aromatic N) is 3. The molecule has 0 unspecified atom stereocenters. The molecule has 0 fully saturated rings. The maximum Gasteiger partial charge on any atom is 0.274 e. The van der Waals surface area contributed by atoms with Crippen molar-refractivity contribution in [3.63, 3.8) is 0 Å². The van der Waals surface area contributed by atoms with Gasteiger partial charge in [0.1, 0.15) is 5.69 Å². The lowest BCUT2D eigenvalue weighted by Crippen LogP contribution is -2.38. The predicted molar refractivity (Wildman–Crippen MR) is 61.1 cm³/mol. The Morgan fingerprint density at radius 1 is 1.62 bits per heavy atom. The molecular weight excluding hydrogens is 206 g/mol. The number of carbonyl (C=O) groups is 1. The van der Waals surface area contributed by atoms with Gasteiger partial charge in [-0.2, -0.15) is 0 Å². The van der Waals surface area contributed by atoms with Crippen molar-refractivity contribution >= 4 is 5.91 Å². The topological polar surface area (TPSA) is 58.4 Å². The predicted octanol–water partition coefficient (Wildman–Crippen LogP) is 0.653. The van der Waals surface area contributed by atoms with Crippen molar-refractivity contribution in [1.82, 2.24) is 14.5 Å². The molecule has 90 valence electrons. The van der Waals surface area contributed by atoms with Crippen LogP contribution in [0.3, 0.4) is 0 Å². The molecule has 0 aliphatic rings. The zero-order valence-corrected chi connectivity index (χ0v) is 10.1. The van der Waals surface area contributed by atoms with Gasteiger partial charge < -0.3 is 14.6 Å². The Labute approximate surface area is 95.7 Å². The molecular formula is C11H19N3O2. The molecule has 5 nitrogen and oxygen atoms in total. The number of rotatable bonds is 5. The van der Waals surface area contributed by atoms with Gasteiger partial charge in [-0.3, -0.25) is 4.79 Å². The molecule has 16 heavy (non-hydrogen) atoms. The average molecular weight is 225 g/mol. The van der Waals surface area contributed by atoms with Gasteiger partial charge in [-0.15, -0.1) is 0 Å². The van der Waals surface area contributed by atoms with E-state index in [0.717, 1.165) is 0 Å². The van der Waals surface area contributed by atoms with Crippen molar-refractivity contribution in [1.29, 1.82) is 0 Å². The Morgan fingerprint density at radius 3 is 2.75 bits per heavy atom. The van der Waals surface area contributed by atoms with E-state index in [-0.39, 0.29) is 18.6 Å². The molecule has 1 heterocycles. The standard InChI is InChI=1S/C11H19N3O2/c1-9(2)14(5-4-6-15)11(16)10-7-13(3)8-12-10/h7-9,15H,4-6H2,1-3H3. The molecule has 0 radical (unpaired) electrons. The first-order valence-corrected chi connectivity index (χ1v) is 5.46. The van der Waals surface area contributed by atoms with Crippen LogP contribution in [0.4, 0.5) is 0 Å². The minimum absolute atomic E-state index is 0.0796. The fourth-order valence-electron chi connectivity index (χ4n) is 1.51. The summed E-state index contributed by atoms with van der Waals surface area (Å²) in [6.07, 6.45) is 3.91. The van der Waals surface area contributed by atoms with Crippen LogP contribution < -0.4 is 0 Å². The average Bonchev–Trinajstić information content (AvgIpc) is 2.64.